The highest BCUT2D eigenvalue weighted by Crippen LogP contribution is 2.29. The molecule has 124 valence electrons. The number of benzene rings is 1. The summed E-state index contributed by atoms with van der Waals surface area (Å²) in [6.45, 7) is 0. The van der Waals surface area contributed by atoms with Crippen LogP contribution in [0.4, 0.5) is 0 Å². The Hall–Kier alpha value is -2.67. The summed E-state index contributed by atoms with van der Waals surface area (Å²) >= 11 is 0. The number of nitrogens with one attached hydrogen (secondary N) is 1. The molecule has 1 aromatic carbocycles. The largest absolute Gasteiger partial charge is 0.508 e. The molecule has 3 aromatic rings. The number of phenols is 1. The number of hydrogen-bond donors (Lipinski definition) is 3. The minimum atomic E-state index is -0.277. The lowest BCUT2D eigenvalue weighted by Gasteiger charge is -2.25. The molecule has 0 aliphatic heterocycles. The fraction of sp³-hybridized carbons (Fsp3) is 0.353. The van der Waals surface area contributed by atoms with Crippen LogP contribution in [-0.2, 0) is 0 Å². The molecule has 0 unspecified atom stereocenters. The van der Waals surface area contributed by atoms with Gasteiger partial charge in [0, 0.05) is 11.6 Å². The van der Waals surface area contributed by atoms with E-state index < -0.39 is 0 Å². The van der Waals surface area contributed by atoms with Crippen molar-refractivity contribution >= 4 is 11.3 Å². The van der Waals surface area contributed by atoms with E-state index in [-0.39, 0.29) is 23.6 Å². The van der Waals surface area contributed by atoms with Crippen LogP contribution in [0, 0.1) is 0 Å². The highest BCUT2D eigenvalue weighted by molar-refractivity contribution is 5.71. The molecule has 3 N–H and O–H groups in total. The predicted molar refractivity (Wildman–Crippen MR) is 88.8 cm³/mol. The fourth-order valence-electron chi connectivity index (χ4n) is 3.32. The van der Waals surface area contributed by atoms with E-state index in [0.717, 1.165) is 18.4 Å². The molecule has 7 heteroatoms. The van der Waals surface area contributed by atoms with Crippen molar-refractivity contribution < 1.29 is 10.2 Å². The fourth-order valence-corrected chi connectivity index (χ4v) is 3.32. The van der Waals surface area contributed by atoms with Crippen LogP contribution in [-0.4, -0.2) is 35.8 Å². The normalized spacial score (nSPS) is 21.2. The van der Waals surface area contributed by atoms with Crippen molar-refractivity contribution in [1.82, 2.24) is 19.5 Å². The summed E-state index contributed by atoms with van der Waals surface area (Å²) < 4.78 is 1.66. The molecular weight excluding hydrogens is 308 g/mol. The number of aliphatic hydroxyl groups excluding tert-OH is 1. The molecule has 0 bridgehead atoms. The number of aliphatic hydroxyl groups is 1. The average molecular weight is 326 g/mol. The average Bonchev–Trinajstić information content (AvgIpc) is 2.91. The number of aromatic nitrogens is 4. The minimum Gasteiger partial charge on any atom is -0.508 e. The van der Waals surface area contributed by atoms with Gasteiger partial charge in [0.1, 0.15) is 5.75 Å². The Morgan fingerprint density at radius 3 is 2.54 bits per heavy atom. The lowest BCUT2D eigenvalue weighted by molar-refractivity contribution is 0.111. The third kappa shape index (κ3) is 2.56. The number of aromatic amines is 1. The van der Waals surface area contributed by atoms with E-state index in [1.165, 1.54) is 0 Å². The number of H-pyrrole nitrogens is 1. The zero-order valence-corrected chi connectivity index (χ0v) is 13.0. The van der Waals surface area contributed by atoms with Crippen LogP contribution in [0.5, 0.6) is 5.75 Å². The van der Waals surface area contributed by atoms with Crippen LogP contribution in [0.15, 0.2) is 35.3 Å². The Morgan fingerprint density at radius 2 is 1.83 bits per heavy atom. The molecule has 0 saturated heterocycles. The molecular formula is C17H18N4O3. The number of hydrogen-bond acceptors (Lipinski definition) is 5. The topological polar surface area (TPSA) is 104 Å². The van der Waals surface area contributed by atoms with Crippen molar-refractivity contribution in [2.45, 2.75) is 37.8 Å². The lowest BCUT2D eigenvalue weighted by atomic mass is 9.93. The predicted octanol–water partition coefficient (Wildman–Crippen LogP) is 1.97. The van der Waals surface area contributed by atoms with Crippen LogP contribution in [0.2, 0.25) is 0 Å². The van der Waals surface area contributed by atoms with Crippen molar-refractivity contribution in [2.75, 3.05) is 0 Å². The molecule has 0 spiro atoms. The molecule has 4 rings (SSSR count). The first-order valence-electron chi connectivity index (χ1n) is 8.06. The van der Waals surface area contributed by atoms with Crippen LogP contribution < -0.4 is 5.69 Å². The summed E-state index contributed by atoms with van der Waals surface area (Å²) in [6.07, 6.45) is 4.21. The highest BCUT2D eigenvalue weighted by atomic mass is 16.3. The standard InChI is InChI=1S/C17H18N4O3/c22-12-5-1-10(2-6-12)14-9-18-15-16(19-14)21(17(24)20-15)11-3-7-13(23)8-4-11/h1-2,5-6,9,11,13,22-23H,3-4,7-8H2,(H,18,20,24). The molecule has 7 nitrogen and oxygen atoms in total. The maximum absolute atomic E-state index is 12.3. The first-order valence-corrected chi connectivity index (χ1v) is 8.06. The van der Waals surface area contributed by atoms with Crippen LogP contribution >= 0.6 is 0 Å². The summed E-state index contributed by atoms with van der Waals surface area (Å²) in [5.74, 6) is 0.187. The van der Waals surface area contributed by atoms with Gasteiger partial charge in [-0.15, -0.1) is 0 Å². The Bertz CT molecular complexity index is 921. The van der Waals surface area contributed by atoms with Crippen LogP contribution in [0.25, 0.3) is 22.6 Å². The SMILES string of the molecule is O=c1[nH]c2ncc(-c3ccc(O)cc3)nc2n1C1CCC(O)CC1. The summed E-state index contributed by atoms with van der Waals surface area (Å²) in [7, 11) is 0. The van der Waals surface area contributed by atoms with Gasteiger partial charge < -0.3 is 10.2 Å². The van der Waals surface area contributed by atoms with Gasteiger partial charge in [0.15, 0.2) is 11.3 Å². The van der Waals surface area contributed by atoms with Gasteiger partial charge in [-0.1, -0.05) is 0 Å². The molecule has 0 atom stereocenters. The second-order valence-corrected chi connectivity index (χ2v) is 6.24. The summed E-state index contributed by atoms with van der Waals surface area (Å²) in [4.78, 5) is 24.0. The quantitative estimate of drug-likeness (QED) is 0.668. The van der Waals surface area contributed by atoms with E-state index in [9.17, 15) is 15.0 Å². The smallest absolute Gasteiger partial charge is 0.329 e. The van der Waals surface area contributed by atoms with E-state index in [0.29, 0.717) is 29.8 Å². The van der Waals surface area contributed by atoms with Gasteiger partial charge in [-0.25, -0.2) is 14.8 Å². The Labute approximate surface area is 137 Å². The van der Waals surface area contributed by atoms with E-state index in [4.69, 9.17) is 0 Å². The van der Waals surface area contributed by atoms with Gasteiger partial charge >= 0.3 is 5.69 Å². The highest BCUT2D eigenvalue weighted by Gasteiger charge is 2.24. The maximum atomic E-state index is 12.3. The monoisotopic (exact) mass is 326 g/mol. The molecule has 0 amide bonds. The molecule has 1 fully saturated rings. The van der Waals surface area contributed by atoms with Gasteiger partial charge in [0.05, 0.1) is 18.0 Å². The van der Waals surface area contributed by atoms with E-state index in [1.807, 2.05) is 0 Å². The number of imidazole rings is 1. The van der Waals surface area contributed by atoms with Crippen molar-refractivity contribution in [3.05, 3.63) is 40.9 Å². The third-order valence-corrected chi connectivity index (χ3v) is 4.62. The van der Waals surface area contributed by atoms with E-state index in [1.54, 1.807) is 35.0 Å². The van der Waals surface area contributed by atoms with Gasteiger partial charge in [0.2, 0.25) is 0 Å². The lowest BCUT2D eigenvalue weighted by Crippen LogP contribution is -2.27. The molecule has 2 heterocycles. The summed E-state index contributed by atoms with van der Waals surface area (Å²) in [6, 6.07) is 6.73. The maximum Gasteiger partial charge on any atom is 0.329 e. The first kappa shape index (κ1) is 14.9. The summed E-state index contributed by atoms with van der Waals surface area (Å²) in [5.41, 5.74) is 2.25. The van der Waals surface area contributed by atoms with Gasteiger partial charge in [0.25, 0.3) is 0 Å². The summed E-state index contributed by atoms with van der Waals surface area (Å²) in [5, 5.41) is 19.1. The van der Waals surface area contributed by atoms with E-state index in [2.05, 4.69) is 15.0 Å². The molecule has 1 aliphatic carbocycles. The molecule has 1 saturated carbocycles. The number of fused-ring (bicyclic) bond motifs is 1. The van der Waals surface area contributed by atoms with Crippen molar-refractivity contribution in [3.8, 4) is 17.0 Å². The molecule has 2 aromatic heterocycles. The molecule has 0 radical (unpaired) electrons. The van der Waals surface area contributed by atoms with Gasteiger partial charge in [-0.05, 0) is 49.9 Å². The number of nitrogens with zero attached hydrogens (tertiary/aromatic N) is 3. The Balaban J connectivity index is 1.79. The van der Waals surface area contributed by atoms with Crippen molar-refractivity contribution in [2.24, 2.45) is 0 Å². The Morgan fingerprint density at radius 1 is 1.12 bits per heavy atom. The number of rotatable bonds is 2. The van der Waals surface area contributed by atoms with Crippen LogP contribution in [0.3, 0.4) is 0 Å². The third-order valence-electron chi connectivity index (χ3n) is 4.62. The zero-order valence-electron chi connectivity index (χ0n) is 13.0. The van der Waals surface area contributed by atoms with Crippen molar-refractivity contribution in [1.29, 1.82) is 0 Å². The zero-order chi connectivity index (χ0) is 16.7. The second kappa shape index (κ2) is 5.76. The number of phenolic OH excluding ortho intramolecular Hbond substituents is 1. The van der Waals surface area contributed by atoms with Gasteiger partial charge in [-0.2, -0.15) is 0 Å². The first-order chi connectivity index (χ1) is 11.6. The minimum absolute atomic E-state index is 0.0269. The second-order valence-electron chi connectivity index (χ2n) is 6.24. The van der Waals surface area contributed by atoms with E-state index >= 15 is 0 Å². The number of aromatic hydroxyl groups is 1. The molecule has 24 heavy (non-hydrogen) atoms. The Kier molecular flexibility index (Phi) is 3.57. The van der Waals surface area contributed by atoms with Crippen molar-refractivity contribution in [3.63, 3.8) is 0 Å². The van der Waals surface area contributed by atoms with Gasteiger partial charge in [-0.3, -0.25) is 9.55 Å². The molecule has 1 aliphatic rings. The van der Waals surface area contributed by atoms with Crippen LogP contribution in [0.1, 0.15) is 31.7 Å².